The number of aliphatic hydroxyl groups excluding tert-OH is 1. The summed E-state index contributed by atoms with van der Waals surface area (Å²) in [6.45, 7) is 2.23. The summed E-state index contributed by atoms with van der Waals surface area (Å²) in [6, 6.07) is 1.87. The number of furan rings is 1. The van der Waals surface area contributed by atoms with Crippen molar-refractivity contribution < 1.29 is 9.52 Å². The Morgan fingerprint density at radius 1 is 1.57 bits per heavy atom. The minimum absolute atomic E-state index is 0.315. The van der Waals surface area contributed by atoms with Crippen molar-refractivity contribution in [2.24, 2.45) is 11.8 Å². The lowest BCUT2D eigenvalue weighted by Gasteiger charge is -2.16. The van der Waals surface area contributed by atoms with E-state index in [0.29, 0.717) is 5.92 Å². The van der Waals surface area contributed by atoms with Gasteiger partial charge in [0.1, 0.15) is 0 Å². The largest absolute Gasteiger partial charge is 0.472 e. The molecule has 0 radical (unpaired) electrons. The summed E-state index contributed by atoms with van der Waals surface area (Å²) in [5.41, 5.74) is 0.937. The molecule has 1 fully saturated rings. The van der Waals surface area contributed by atoms with Gasteiger partial charge in [0.2, 0.25) is 0 Å². The maximum atomic E-state index is 10.1. The first-order valence-corrected chi connectivity index (χ1v) is 5.51. The van der Waals surface area contributed by atoms with E-state index in [2.05, 4.69) is 6.92 Å². The standard InChI is InChI=1S/C12H18O2/c1-2-9-3-4-10(7-9)12(13)11-5-6-14-8-11/h5-6,8-10,12-13H,2-4,7H2,1H3. The van der Waals surface area contributed by atoms with E-state index in [4.69, 9.17) is 4.42 Å². The van der Waals surface area contributed by atoms with Gasteiger partial charge in [0, 0.05) is 5.56 Å². The lowest BCUT2D eigenvalue weighted by Crippen LogP contribution is -2.08. The third-order valence-corrected chi connectivity index (χ3v) is 3.49. The molecule has 0 bridgehead atoms. The van der Waals surface area contributed by atoms with Gasteiger partial charge in [0.25, 0.3) is 0 Å². The summed E-state index contributed by atoms with van der Waals surface area (Å²) in [5, 5.41) is 10.1. The second-order valence-electron chi connectivity index (χ2n) is 4.35. The maximum absolute atomic E-state index is 10.1. The molecule has 14 heavy (non-hydrogen) atoms. The third-order valence-electron chi connectivity index (χ3n) is 3.49. The van der Waals surface area contributed by atoms with E-state index in [-0.39, 0.29) is 6.10 Å². The monoisotopic (exact) mass is 194 g/mol. The lowest BCUT2D eigenvalue weighted by molar-refractivity contribution is 0.108. The predicted octanol–water partition coefficient (Wildman–Crippen LogP) is 3.14. The van der Waals surface area contributed by atoms with Crippen LogP contribution >= 0.6 is 0 Å². The molecule has 1 aromatic heterocycles. The highest BCUT2D eigenvalue weighted by atomic mass is 16.3. The normalized spacial score (nSPS) is 29.3. The Hall–Kier alpha value is -0.760. The van der Waals surface area contributed by atoms with Crippen molar-refractivity contribution >= 4 is 0 Å². The van der Waals surface area contributed by atoms with Crippen LogP contribution in [0.1, 0.15) is 44.3 Å². The van der Waals surface area contributed by atoms with Gasteiger partial charge >= 0.3 is 0 Å². The molecule has 0 amide bonds. The van der Waals surface area contributed by atoms with Crippen molar-refractivity contribution in [3.05, 3.63) is 24.2 Å². The fourth-order valence-corrected chi connectivity index (χ4v) is 2.49. The SMILES string of the molecule is CCC1CCC(C(O)c2ccoc2)C1. The lowest BCUT2D eigenvalue weighted by atomic mass is 9.94. The number of hydrogen-bond acceptors (Lipinski definition) is 2. The van der Waals surface area contributed by atoms with Crippen LogP contribution in [0, 0.1) is 11.8 Å². The van der Waals surface area contributed by atoms with Gasteiger partial charge in [0.05, 0.1) is 18.6 Å². The Bertz CT molecular complexity index is 266. The van der Waals surface area contributed by atoms with Crippen LogP contribution in [0.3, 0.4) is 0 Å². The molecule has 0 aromatic carbocycles. The van der Waals surface area contributed by atoms with Gasteiger partial charge in [0.15, 0.2) is 0 Å². The molecule has 1 saturated carbocycles. The maximum Gasteiger partial charge on any atom is 0.0960 e. The summed E-state index contributed by atoms with van der Waals surface area (Å²) in [6.07, 6.45) is 7.82. The van der Waals surface area contributed by atoms with Crippen LogP contribution in [-0.4, -0.2) is 5.11 Å². The fourth-order valence-electron chi connectivity index (χ4n) is 2.49. The van der Waals surface area contributed by atoms with E-state index in [1.54, 1.807) is 12.5 Å². The van der Waals surface area contributed by atoms with Gasteiger partial charge in [-0.05, 0) is 30.7 Å². The number of aliphatic hydroxyl groups is 1. The molecule has 1 aliphatic rings. The summed E-state index contributed by atoms with van der Waals surface area (Å²) >= 11 is 0. The van der Waals surface area contributed by atoms with Crippen molar-refractivity contribution in [2.45, 2.75) is 38.7 Å². The topological polar surface area (TPSA) is 33.4 Å². The third kappa shape index (κ3) is 1.85. The Morgan fingerprint density at radius 2 is 2.43 bits per heavy atom. The second kappa shape index (κ2) is 4.18. The van der Waals surface area contributed by atoms with Crippen molar-refractivity contribution in [3.8, 4) is 0 Å². The van der Waals surface area contributed by atoms with Crippen LogP contribution < -0.4 is 0 Å². The van der Waals surface area contributed by atoms with Gasteiger partial charge in [-0.15, -0.1) is 0 Å². The summed E-state index contributed by atoms with van der Waals surface area (Å²) < 4.78 is 4.99. The van der Waals surface area contributed by atoms with Gasteiger partial charge in [-0.3, -0.25) is 0 Å². The van der Waals surface area contributed by atoms with Gasteiger partial charge in [-0.1, -0.05) is 19.8 Å². The zero-order chi connectivity index (χ0) is 9.97. The minimum atomic E-state index is -0.315. The van der Waals surface area contributed by atoms with Crippen LogP contribution in [0.2, 0.25) is 0 Å². The molecule has 0 aliphatic heterocycles. The highest BCUT2D eigenvalue weighted by molar-refractivity contribution is 5.10. The van der Waals surface area contributed by atoms with Gasteiger partial charge < -0.3 is 9.52 Å². The first kappa shape index (κ1) is 9.78. The van der Waals surface area contributed by atoms with E-state index in [1.807, 2.05) is 6.07 Å². The van der Waals surface area contributed by atoms with Crippen LogP contribution in [-0.2, 0) is 0 Å². The van der Waals surface area contributed by atoms with Crippen molar-refractivity contribution in [1.82, 2.24) is 0 Å². The van der Waals surface area contributed by atoms with Crippen molar-refractivity contribution in [2.75, 3.05) is 0 Å². The Kier molecular flexibility index (Phi) is 2.92. The number of rotatable bonds is 3. The molecular weight excluding hydrogens is 176 g/mol. The zero-order valence-electron chi connectivity index (χ0n) is 8.65. The number of hydrogen-bond donors (Lipinski definition) is 1. The summed E-state index contributed by atoms with van der Waals surface area (Å²) in [4.78, 5) is 0. The molecule has 1 aliphatic carbocycles. The van der Waals surface area contributed by atoms with Crippen molar-refractivity contribution in [3.63, 3.8) is 0 Å². The molecule has 3 unspecified atom stereocenters. The van der Waals surface area contributed by atoms with Crippen LogP contribution in [0.25, 0.3) is 0 Å². The van der Waals surface area contributed by atoms with E-state index in [1.165, 1.54) is 19.3 Å². The average Bonchev–Trinajstić information content (AvgIpc) is 2.88. The van der Waals surface area contributed by atoms with E-state index in [0.717, 1.165) is 17.9 Å². The average molecular weight is 194 g/mol. The molecular formula is C12H18O2. The smallest absolute Gasteiger partial charge is 0.0960 e. The van der Waals surface area contributed by atoms with E-state index < -0.39 is 0 Å². The van der Waals surface area contributed by atoms with Crippen LogP contribution in [0.15, 0.2) is 23.0 Å². The highest BCUT2D eigenvalue weighted by Crippen LogP contribution is 2.40. The first-order chi connectivity index (χ1) is 6.81. The Labute approximate surface area is 84.9 Å². The summed E-state index contributed by atoms with van der Waals surface area (Å²) in [7, 11) is 0. The molecule has 3 atom stereocenters. The molecule has 0 spiro atoms. The quantitative estimate of drug-likeness (QED) is 0.802. The molecule has 1 aromatic rings. The highest BCUT2D eigenvalue weighted by Gasteiger charge is 2.29. The first-order valence-electron chi connectivity index (χ1n) is 5.51. The van der Waals surface area contributed by atoms with Gasteiger partial charge in [-0.2, -0.15) is 0 Å². The van der Waals surface area contributed by atoms with Crippen molar-refractivity contribution in [1.29, 1.82) is 0 Å². The Morgan fingerprint density at radius 3 is 3.00 bits per heavy atom. The summed E-state index contributed by atoms with van der Waals surface area (Å²) in [5.74, 6) is 1.26. The zero-order valence-corrected chi connectivity index (χ0v) is 8.65. The fraction of sp³-hybridized carbons (Fsp3) is 0.667. The minimum Gasteiger partial charge on any atom is -0.472 e. The molecule has 2 rings (SSSR count). The second-order valence-corrected chi connectivity index (χ2v) is 4.35. The van der Waals surface area contributed by atoms with Gasteiger partial charge in [-0.25, -0.2) is 0 Å². The molecule has 1 heterocycles. The molecule has 2 nitrogen and oxygen atoms in total. The van der Waals surface area contributed by atoms with E-state index >= 15 is 0 Å². The van der Waals surface area contributed by atoms with Crippen LogP contribution in [0.4, 0.5) is 0 Å². The Balaban J connectivity index is 1.97. The van der Waals surface area contributed by atoms with Crippen LogP contribution in [0.5, 0.6) is 0 Å². The molecule has 1 N–H and O–H groups in total. The predicted molar refractivity (Wildman–Crippen MR) is 54.8 cm³/mol. The molecule has 2 heteroatoms. The molecule has 0 saturated heterocycles. The molecule has 78 valence electrons. The van der Waals surface area contributed by atoms with E-state index in [9.17, 15) is 5.11 Å².